The zero-order chi connectivity index (χ0) is 18.6. The van der Waals surface area contributed by atoms with Crippen LogP contribution in [0.4, 0.5) is 0 Å². The predicted octanol–water partition coefficient (Wildman–Crippen LogP) is 2.93. The first-order valence-electron chi connectivity index (χ1n) is 9.62. The Balaban J connectivity index is 0.00000364. The third kappa shape index (κ3) is 8.50. The lowest BCUT2D eigenvalue weighted by Crippen LogP contribution is -2.44. The number of nitrogens with one attached hydrogen (secondary N) is 2. The summed E-state index contributed by atoms with van der Waals surface area (Å²) in [6.45, 7) is 5.84. The maximum atomic E-state index is 11.4. The summed E-state index contributed by atoms with van der Waals surface area (Å²) in [6, 6.07) is 4.17. The highest BCUT2D eigenvalue weighted by atomic mass is 127. The molecule has 154 valence electrons. The maximum Gasteiger partial charge on any atom is 0.305 e. The second kappa shape index (κ2) is 13.8. The van der Waals surface area contributed by atoms with Crippen molar-refractivity contribution in [3.63, 3.8) is 0 Å². The summed E-state index contributed by atoms with van der Waals surface area (Å²) in [5, 5.41) is 6.64. The Hall–Kier alpha value is -1.29. The van der Waals surface area contributed by atoms with Crippen LogP contribution in [0.25, 0.3) is 0 Å². The summed E-state index contributed by atoms with van der Waals surface area (Å²) < 4.78 is 10.6. The van der Waals surface area contributed by atoms with Gasteiger partial charge in [0.25, 0.3) is 0 Å². The minimum Gasteiger partial charge on any atom is -0.468 e. The third-order valence-corrected chi connectivity index (χ3v) is 4.54. The number of ether oxygens (including phenoxy) is 1. The molecule has 0 aromatic carbocycles. The van der Waals surface area contributed by atoms with Crippen molar-refractivity contribution >= 4 is 35.9 Å². The fraction of sp³-hybridized carbons (Fsp3) is 0.684. The minimum absolute atomic E-state index is 0. The van der Waals surface area contributed by atoms with E-state index in [1.807, 2.05) is 19.1 Å². The number of hydrogen-bond acceptors (Lipinski definition) is 5. The normalized spacial score (nSPS) is 16.3. The topological polar surface area (TPSA) is 79.1 Å². The number of halogens is 1. The lowest BCUT2D eigenvalue weighted by Gasteiger charge is -2.33. The summed E-state index contributed by atoms with van der Waals surface area (Å²) >= 11 is 0. The van der Waals surface area contributed by atoms with E-state index in [1.54, 1.807) is 13.3 Å². The molecule has 1 aliphatic heterocycles. The Morgan fingerprint density at radius 2 is 2.11 bits per heavy atom. The first kappa shape index (κ1) is 23.7. The van der Waals surface area contributed by atoms with Gasteiger partial charge in [0.05, 0.1) is 18.9 Å². The van der Waals surface area contributed by atoms with E-state index in [9.17, 15) is 4.79 Å². The molecule has 27 heavy (non-hydrogen) atoms. The number of guanidine groups is 1. The van der Waals surface area contributed by atoms with Gasteiger partial charge in [-0.15, -0.1) is 24.0 Å². The van der Waals surface area contributed by atoms with E-state index in [0.29, 0.717) is 26.0 Å². The molecule has 2 heterocycles. The van der Waals surface area contributed by atoms with Crippen molar-refractivity contribution in [2.75, 3.05) is 39.8 Å². The van der Waals surface area contributed by atoms with Crippen molar-refractivity contribution in [1.29, 1.82) is 0 Å². The van der Waals surface area contributed by atoms with Gasteiger partial charge in [-0.25, -0.2) is 0 Å². The van der Waals surface area contributed by atoms with Crippen molar-refractivity contribution in [3.05, 3.63) is 24.2 Å². The number of esters is 1. The van der Waals surface area contributed by atoms with E-state index in [2.05, 4.69) is 20.5 Å². The number of nitrogens with zero attached hydrogens (tertiary/aromatic N) is 2. The lowest BCUT2D eigenvalue weighted by molar-refractivity contribution is -0.143. The first-order chi connectivity index (χ1) is 12.7. The van der Waals surface area contributed by atoms with Gasteiger partial charge in [-0.05, 0) is 51.4 Å². The van der Waals surface area contributed by atoms with E-state index in [0.717, 1.165) is 31.4 Å². The summed E-state index contributed by atoms with van der Waals surface area (Å²) in [6.07, 6.45) is 6.64. The first-order valence-corrected chi connectivity index (χ1v) is 9.62. The van der Waals surface area contributed by atoms with Crippen molar-refractivity contribution in [1.82, 2.24) is 15.5 Å². The molecule has 1 atom stereocenters. The highest BCUT2D eigenvalue weighted by Crippen LogP contribution is 2.24. The Labute approximate surface area is 179 Å². The lowest BCUT2D eigenvalue weighted by atomic mass is 10.1. The van der Waals surface area contributed by atoms with Crippen LogP contribution in [0.15, 0.2) is 27.8 Å². The highest BCUT2D eigenvalue weighted by Gasteiger charge is 2.24. The zero-order valence-corrected chi connectivity index (χ0v) is 18.7. The van der Waals surface area contributed by atoms with Crippen LogP contribution in [0.2, 0.25) is 0 Å². The van der Waals surface area contributed by atoms with Crippen molar-refractivity contribution in [2.24, 2.45) is 4.99 Å². The molecule has 0 aliphatic carbocycles. The summed E-state index contributed by atoms with van der Waals surface area (Å²) in [7, 11) is 1.75. The number of hydrogen-bond donors (Lipinski definition) is 2. The number of carbonyl (C=O) groups is 1. The number of furan rings is 1. The molecule has 0 saturated carbocycles. The van der Waals surface area contributed by atoms with Gasteiger partial charge in [-0.2, -0.15) is 0 Å². The van der Waals surface area contributed by atoms with Gasteiger partial charge in [0.1, 0.15) is 5.76 Å². The second-order valence-electron chi connectivity index (χ2n) is 6.42. The van der Waals surface area contributed by atoms with Crippen LogP contribution in [-0.4, -0.2) is 56.7 Å². The average molecular weight is 492 g/mol. The number of aliphatic imine (C=N–C) groups is 1. The molecule has 1 aromatic rings. The number of rotatable bonds is 9. The second-order valence-corrected chi connectivity index (χ2v) is 6.42. The quantitative estimate of drug-likeness (QED) is 0.182. The van der Waals surface area contributed by atoms with Gasteiger partial charge in [-0.1, -0.05) is 6.42 Å². The molecule has 1 aliphatic rings. The molecule has 2 N–H and O–H groups in total. The molecule has 0 bridgehead atoms. The standard InChI is InChI=1S/C19H32N4O3.HI/c1-3-25-18(24)10-7-11-21-19(20-2)22-15-16(17-9-8-14-26-17)23-12-5-4-6-13-23;/h8-9,14,16H,3-7,10-13,15H2,1-2H3,(H2,20,21,22);1H. The van der Waals surface area contributed by atoms with Crippen molar-refractivity contribution in [2.45, 2.75) is 45.1 Å². The Morgan fingerprint density at radius 3 is 2.74 bits per heavy atom. The van der Waals surface area contributed by atoms with Gasteiger partial charge < -0.3 is 19.8 Å². The monoisotopic (exact) mass is 492 g/mol. The molecular weight excluding hydrogens is 459 g/mol. The molecule has 1 aromatic heterocycles. The summed E-state index contributed by atoms with van der Waals surface area (Å²) in [4.78, 5) is 18.1. The number of likely N-dealkylation sites (tertiary alicyclic amines) is 1. The Kier molecular flexibility index (Phi) is 12.2. The van der Waals surface area contributed by atoms with Crippen LogP contribution in [-0.2, 0) is 9.53 Å². The van der Waals surface area contributed by atoms with Gasteiger partial charge in [0.15, 0.2) is 5.96 Å². The van der Waals surface area contributed by atoms with E-state index in [4.69, 9.17) is 9.15 Å². The maximum absolute atomic E-state index is 11.4. The average Bonchev–Trinajstić information content (AvgIpc) is 3.19. The van der Waals surface area contributed by atoms with Crippen molar-refractivity contribution in [3.8, 4) is 0 Å². The zero-order valence-electron chi connectivity index (χ0n) is 16.4. The van der Waals surface area contributed by atoms with Crippen LogP contribution < -0.4 is 10.6 Å². The smallest absolute Gasteiger partial charge is 0.305 e. The Morgan fingerprint density at radius 1 is 1.33 bits per heavy atom. The SMILES string of the molecule is CCOC(=O)CCCNC(=NC)NCC(c1ccco1)N1CCCCC1.I. The summed E-state index contributed by atoms with van der Waals surface area (Å²) in [5.74, 6) is 1.57. The van der Waals surface area contributed by atoms with Crippen LogP contribution in [0, 0.1) is 0 Å². The van der Waals surface area contributed by atoms with Gasteiger partial charge in [-0.3, -0.25) is 14.7 Å². The third-order valence-electron chi connectivity index (χ3n) is 4.54. The van der Waals surface area contributed by atoms with Crippen LogP contribution in [0.3, 0.4) is 0 Å². The van der Waals surface area contributed by atoms with Crippen LogP contribution >= 0.6 is 24.0 Å². The molecule has 0 spiro atoms. The number of piperidine rings is 1. The van der Waals surface area contributed by atoms with E-state index >= 15 is 0 Å². The minimum atomic E-state index is -0.153. The summed E-state index contributed by atoms with van der Waals surface area (Å²) in [5.41, 5.74) is 0. The van der Waals surface area contributed by atoms with E-state index in [-0.39, 0.29) is 36.0 Å². The van der Waals surface area contributed by atoms with Gasteiger partial charge in [0, 0.05) is 26.6 Å². The molecule has 0 radical (unpaired) electrons. The van der Waals surface area contributed by atoms with Crippen LogP contribution in [0.5, 0.6) is 0 Å². The molecular formula is C19H33IN4O3. The fourth-order valence-corrected chi connectivity index (χ4v) is 3.21. The molecule has 7 nitrogen and oxygen atoms in total. The van der Waals surface area contributed by atoms with E-state index in [1.165, 1.54) is 19.3 Å². The molecule has 1 unspecified atom stereocenters. The highest BCUT2D eigenvalue weighted by molar-refractivity contribution is 14.0. The number of carbonyl (C=O) groups excluding carboxylic acids is 1. The van der Waals surface area contributed by atoms with Crippen molar-refractivity contribution < 1.29 is 13.9 Å². The fourth-order valence-electron chi connectivity index (χ4n) is 3.21. The molecule has 1 saturated heterocycles. The molecule has 2 rings (SSSR count). The van der Waals surface area contributed by atoms with Gasteiger partial charge >= 0.3 is 5.97 Å². The van der Waals surface area contributed by atoms with Gasteiger partial charge in [0.2, 0.25) is 0 Å². The van der Waals surface area contributed by atoms with E-state index < -0.39 is 0 Å². The largest absolute Gasteiger partial charge is 0.468 e. The molecule has 0 amide bonds. The molecule has 8 heteroatoms. The molecule has 1 fully saturated rings. The predicted molar refractivity (Wildman–Crippen MR) is 118 cm³/mol. The van der Waals surface area contributed by atoms with Crippen LogP contribution in [0.1, 0.15) is 50.8 Å². The Bertz CT molecular complexity index is 545.